The third-order valence-electron chi connectivity index (χ3n) is 1.90. The highest BCUT2D eigenvalue weighted by Crippen LogP contribution is 2.23. The maximum atomic E-state index is 11.3. The fraction of sp³-hybridized carbons (Fsp3) is 0.273. The summed E-state index contributed by atoms with van der Waals surface area (Å²) in [5.74, 6) is 0.332. The number of nitrogens with two attached hydrogens (primary N) is 1. The van der Waals surface area contributed by atoms with Crippen LogP contribution in [0.1, 0.15) is 6.92 Å². The summed E-state index contributed by atoms with van der Waals surface area (Å²) in [7, 11) is 0. The number of amidine groups is 1. The molecule has 0 atom stereocenters. The molecular weight excluding hydrogens is 238 g/mol. The molecule has 0 heterocycles. The average Bonchev–Trinajstić information content (AvgIpc) is 2.37. The van der Waals surface area contributed by atoms with Crippen LogP contribution in [0.4, 0.5) is 10.5 Å². The second-order valence-corrected chi connectivity index (χ2v) is 3.22. The number of amides is 1. The normalized spacial score (nSPS) is 10.8. The summed E-state index contributed by atoms with van der Waals surface area (Å²) in [5.41, 5.74) is 5.73. The largest absolute Gasteiger partial charge is 0.483 e. The molecule has 98 valence electrons. The van der Waals surface area contributed by atoms with Gasteiger partial charge in [0.25, 0.3) is 0 Å². The van der Waals surface area contributed by atoms with Gasteiger partial charge in [0.15, 0.2) is 5.84 Å². The lowest BCUT2D eigenvalue weighted by molar-refractivity contribution is 0.168. The monoisotopic (exact) mass is 253 g/mol. The van der Waals surface area contributed by atoms with Crippen molar-refractivity contribution in [3.8, 4) is 5.75 Å². The second kappa shape index (κ2) is 7.00. The predicted molar refractivity (Wildman–Crippen MR) is 66.0 cm³/mol. The Balaban J connectivity index is 2.70. The quantitative estimate of drug-likeness (QED) is 0.318. The number of anilines is 1. The molecule has 0 aliphatic heterocycles. The molecule has 1 amide bonds. The van der Waals surface area contributed by atoms with E-state index >= 15 is 0 Å². The summed E-state index contributed by atoms with van der Waals surface area (Å²) in [5, 5.41) is 13.7. The molecule has 0 aliphatic carbocycles. The summed E-state index contributed by atoms with van der Waals surface area (Å²) in [6.07, 6.45) is -0.572. The fourth-order valence-corrected chi connectivity index (χ4v) is 1.15. The van der Waals surface area contributed by atoms with Gasteiger partial charge in [-0.15, -0.1) is 0 Å². The van der Waals surface area contributed by atoms with Crippen molar-refractivity contribution in [1.82, 2.24) is 0 Å². The predicted octanol–water partition coefficient (Wildman–Crippen LogP) is 1.38. The number of hydrogen-bond acceptors (Lipinski definition) is 5. The minimum Gasteiger partial charge on any atom is -0.483 e. The molecule has 0 aromatic heterocycles. The van der Waals surface area contributed by atoms with Crippen LogP contribution in [0.3, 0.4) is 0 Å². The molecule has 1 aromatic carbocycles. The number of ether oxygens (including phenoxy) is 2. The van der Waals surface area contributed by atoms with Crippen LogP contribution in [-0.2, 0) is 4.74 Å². The molecule has 7 heteroatoms. The van der Waals surface area contributed by atoms with Crippen LogP contribution in [-0.4, -0.2) is 30.3 Å². The summed E-state index contributed by atoms with van der Waals surface area (Å²) < 4.78 is 10.0. The lowest BCUT2D eigenvalue weighted by Crippen LogP contribution is -2.21. The summed E-state index contributed by atoms with van der Waals surface area (Å²) in [6.45, 7) is 1.90. The van der Waals surface area contributed by atoms with E-state index in [4.69, 9.17) is 20.4 Å². The number of rotatable bonds is 5. The Labute approximate surface area is 104 Å². The zero-order chi connectivity index (χ0) is 13.4. The SMILES string of the molecule is CCOC(=O)Nc1ccccc1OC/C(N)=N/O. The Bertz CT molecular complexity index is 434. The van der Waals surface area contributed by atoms with Crippen LogP contribution in [0.15, 0.2) is 29.4 Å². The molecule has 18 heavy (non-hydrogen) atoms. The van der Waals surface area contributed by atoms with E-state index in [0.29, 0.717) is 11.4 Å². The van der Waals surface area contributed by atoms with Gasteiger partial charge in [-0.3, -0.25) is 5.32 Å². The van der Waals surface area contributed by atoms with Crippen molar-refractivity contribution in [2.45, 2.75) is 6.92 Å². The molecule has 4 N–H and O–H groups in total. The second-order valence-electron chi connectivity index (χ2n) is 3.22. The van der Waals surface area contributed by atoms with Crippen molar-refractivity contribution < 1.29 is 19.5 Å². The van der Waals surface area contributed by atoms with Crippen molar-refractivity contribution in [1.29, 1.82) is 0 Å². The highest BCUT2D eigenvalue weighted by atomic mass is 16.5. The van der Waals surface area contributed by atoms with E-state index in [9.17, 15) is 4.79 Å². The van der Waals surface area contributed by atoms with E-state index in [-0.39, 0.29) is 19.0 Å². The van der Waals surface area contributed by atoms with Crippen molar-refractivity contribution in [2.24, 2.45) is 10.9 Å². The van der Waals surface area contributed by atoms with Crippen LogP contribution in [0.25, 0.3) is 0 Å². The summed E-state index contributed by atoms with van der Waals surface area (Å²) in [6, 6.07) is 6.76. The smallest absolute Gasteiger partial charge is 0.411 e. The minimum atomic E-state index is -0.572. The van der Waals surface area contributed by atoms with Gasteiger partial charge >= 0.3 is 6.09 Å². The third kappa shape index (κ3) is 4.20. The maximum absolute atomic E-state index is 11.3. The van der Waals surface area contributed by atoms with Crippen molar-refractivity contribution >= 4 is 17.6 Å². The van der Waals surface area contributed by atoms with Crippen LogP contribution >= 0.6 is 0 Å². The molecule has 0 saturated heterocycles. The highest BCUT2D eigenvalue weighted by Gasteiger charge is 2.08. The number of nitrogens with zero attached hydrogens (tertiary/aromatic N) is 1. The standard InChI is InChI=1S/C11H15N3O4/c1-2-17-11(15)13-8-5-3-4-6-9(8)18-7-10(12)14-16/h3-6,16H,2,7H2,1H3,(H2,12,14)(H,13,15). The molecule has 0 bridgehead atoms. The number of carbonyl (C=O) groups is 1. The van der Waals surface area contributed by atoms with E-state index in [2.05, 4.69) is 10.5 Å². The zero-order valence-electron chi connectivity index (χ0n) is 9.92. The van der Waals surface area contributed by atoms with Crippen molar-refractivity contribution in [3.63, 3.8) is 0 Å². The van der Waals surface area contributed by atoms with E-state index in [1.165, 1.54) is 0 Å². The van der Waals surface area contributed by atoms with Gasteiger partial charge in [-0.1, -0.05) is 17.3 Å². The number of hydrogen-bond donors (Lipinski definition) is 3. The van der Waals surface area contributed by atoms with Gasteiger partial charge in [-0.05, 0) is 19.1 Å². The zero-order valence-corrected chi connectivity index (χ0v) is 9.92. The fourth-order valence-electron chi connectivity index (χ4n) is 1.15. The van der Waals surface area contributed by atoms with E-state index < -0.39 is 6.09 Å². The van der Waals surface area contributed by atoms with Gasteiger partial charge in [0.1, 0.15) is 12.4 Å². The van der Waals surface area contributed by atoms with E-state index in [1.807, 2.05) is 0 Å². The van der Waals surface area contributed by atoms with Crippen LogP contribution < -0.4 is 15.8 Å². The number of nitrogens with one attached hydrogen (secondary N) is 1. The Kier molecular flexibility index (Phi) is 5.30. The summed E-state index contributed by atoms with van der Waals surface area (Å²) >= 11 is 0. The van der Waals surface area contributed by atoms with Crippen LogP contribution in [0.5, 0.6) is 5.75 Å². The molecule has 0 aliphatic rings. The lowest BCUT2D eigenvalue weighted by atomic mass is 10.3. The molecule has 1 rings (SSSR count). The topological polar surface area (TPSA) is 106 Å². The molecule has 7 nitrogen and oxygen atoms in total. The molecule has 0 unspecified atom stereocenters. The molecule has 1 aromatic rings. The first kappa shape index (κ1) is 13.6. The minimum absolute atomic E-state index is 0.0686. The number of carbonyl (C=O) groups excluding carboxylic acids is 1. The van der Waals surface area contributed by atoms with E-state index in [0.717, 1.165) is 0 Å². The molecule has 0 saturated carbocycles. The lowest BCUT2D eigenvalue weighted by Gasteiger charge is -2.11. The molecule has 0 radical (unpaired) electrons. The van der Waals surface area contributed by atoms with Crippen molar-refractivity contribution in [3.05, 3.63) is 24.3 Å². The first-order chi connectivity index (χ1) is 8.67. The Morgan fingerprint density at radius 3 is 2.89 bits per heavy atom. The van der Waals surface area contributed by atoms with Gasteiger partial charge in [-0.25, -0.2) is 4.79 Å². The number of benzene rings is 1. The average molecular weight is 253 g/mol. The van der Waals surface area contributed by atoms with E-state index in [1.54, 1.807) is 31.2 Å². The Hall–Kier alpha value is -2.44. The highest BCUT2D eigenvalue weighted by molar-refractivity contribution is 5.87. The molecule has 0 fully saturated rings. The summed E-state index contributed by atoms with van der Waals surface area (Å²) in [4.78, 5) is 11.3. The van der Waals surface area contributed by atoms with Gasteiger partial charge < -0.3 is 20.4 Å². The van der Waals surface area contributed by atoms with Gasteiger partial charge in [0, 0.05) is 0 Å². The van der Waals surface area contributed by atoms with Crippen molar-refractivity contribution in [2.75, 3.05) is 18.5 Å². The van der Waals surface area contributed by atoms with Gasteiger partial charge in [0.2, 0.25) is 0 Å². The maximum Gasteiger partial charge on any atom is 0.411 e. The Morgan fingerprint density at radius 2 is 2.22 bits per heavy atom. The first-order valence-corrected chi connectivity index (χ1v) is 5.29. The van der Waals surface area contributed by atoms with Crippen LogP contribution in [0, 0.1) is 0 Å². The van der Waals surface area contributed by atoms with Gasteiger partial charge in [0.05, 0.1) is 12.3 Å². The first-order valence-electron chi connectivity index (χ1n) is 5.29. The number of para-hydroxylation sites is 2. The van der Waals surface area contributed by atoms with Gasteiger partial charge in [-0.2, -0.15) is 0 Å². The number of oxime groups is 1. The van der Waals surface area contributed by atoms with Crippen LogP contribution in [0.2, 0.25) is 0 Å². The third-order valence-corrected chi connectivity index (χ3v) is 1.90. The Morgan fingerprint density at radius 1 is 1.50 bits per heavy atom. The molecule has 0 spiro atoms. The molecular formula is C11H15N3O4.